The SMILES string of the molecule is COc1ccc(Cl)cc1C(=O)NNC(=O)C[C@H](NC(=O)c1ccccc1Cl)c1ccccc1. The van der Waals surface area contributed by atoms with Gasteiger partial charge >= 0.3 is 0 Å². The molecule has 0 aliphatic carbocycles. The molecule has 0 aliphatic heterocycles. The second-order valence-corrected chi connectivity index (χ2v) is 7.81. The summed E-state index contributed by atoms with van der Waals surface area (Å²) in [7, 11) is 1.42. The van der Waals surface area contributed by atoms with Crippen LogP contribution in [-0.2, 0) is 4.79 Å². The van der Waals surface area contributed by atoms with Gasteiger partial charge in [-0.15, -0.1) is 0 Å². The number of carbonyl (C=O) groups excluding carboxylic acids is 3. The number of hydrogen-bond donors (Lipinski definition) is 3. The molecule has 3 amide bonds. The zero-order chi connectivity index (χ0) is 23.8. The van der Waals surface area contributed by atoms with Crippen LogP contribution in [0.25, 0.3) is 0 Å². The Balaban J connectivity index is 1.69. The van der Waals surface area contributed by atoms with Crippen LogP contribution in [0.15, 0.2) is 72.8 Å². The Bertz CT molecular complexity index is 1160. The maximum atomic E-state index is 12.8. The molecule has 0 unspecified atom stereocenters. The topological polar surface area (TPSA) is 96.5 Å². The molecule has 3 rings (SSSR count). The number of rotatable bonds is 7. The smallest absolute Gasteiger partial charge is 0.273 e. The van der Waals surface area contributed by atoms with Crippen LogP contribution in [0.5, 0.6) is 5.75 Å². The van der Waals surface area contributed by atoms with Crippen LogP contribution in [0.1, 0.15) is 38.7 Å². The van der Waals surface area contributed by atoms with Gasteiger partial charge in [0.05, 0.1) is 35.7 Å². The maximum Gasteiger partial charge on any atom is 0.273 e. The van der Waals surface area contributed by atoms with Crippen molar-refractivity contribution in [3.05, 3.63) is 99.5 Å². The minimum Gasteiger partial charge on any atom is -0.496 e. The van der Waals surface area contributed by atoms with E-state index in [1.165, 1.54) is 13.2 Å². The van der Waals surface area contributed by atoms with Crippen LogP contribution >= 0.6 is 23.2 Å². The highest BCUT2D eigenvalue weighted by Gasteiger charge is 2.21. The fourth-order valence-electron chi connectivity index (χ4n) is 3.11. The molecule has 0 saturated heterocycles. The molecule has 9 heteroatoms. The molecular formula is C24H21Cl2N3O4. The Morgan fingerprint density at radius 2 is 1.55 bits per heavy atom. The van der Waals surface area contributed by atoms with Gasteiger partial charge in [-0.1, -0.05) is 65.7 Å². The third-order valence-electron chi connectivity index (χ3n) is 4.74. The van der Waals surface area contributed by atoms with E-state index in [9.17, 15) is 14.4 Å². The lowest BCUT2D eigenvalue weighted by Crippen LogP contribution is -2.43. The second-order valence-electron chi connectivity index (χ2n) is 6.97. The number of nitrogens with one attached hydrogen (secondary N) is 3. The summed E-state index contributed by atoms with van der Waals surface area (Å²) in [5.41, 5.74) is 5.88. The molecule has 1 atom stereocenters. The minimum absolute atomic E-state index is 0.132. The van der Waals surface area contributed by atoms with Gasteiger partial charge < -0.3 is 10.1 Å². The summed E-state index contributed by atoms with van der Waals surface area (Å²) in [6.07, 6.45) is -0.132. The van der Waals surface area contributed by atoms with Crippen LogP contribution in [0.2, 0.25) is 10.0 Å². The maximum absolute atomic E-state index is 12.8. The third-order valence-corrected chi connectivity index (χ3v) is 5.30. The van der Waals surface area contributed by atoms with Crippen molar-refractivity contribution in [3.63, 3.8) is 0 Å². The lowest BCUT2D eigenvalue weighted by atomic mass is 10.0. The monoisotopic (exact) mass is 485 g/mol. The van der Waals surface area contributed by atoms with Gasteiger partial charge in [-0.3, -0.25) is 25.2 Å². The van der Waals surface area contributed by atoms with E-state index in [1.54, 1.807) is 60.7 Å². The van der Waals surface area contributed by atoms with Crippen molar-refractivity contribution in [2.24, 2.45) is 0 Å². The molecule has 170 valence electrons. The van der Waals surface area contributed by atoms with E-state index >= 15 is 0 Å². The van der Waals surface area contributed by atoms with Gasteiger partial charge in [-0.25, -0.2) is 0 Å². The minimum atomic E-state index is -0.660. The predicted molar refractivity (Wildman–Crippen MR) is 126 cm³/mol. The summed E-state index contributed by atoms with van der Waals surface area (Å²) in [4.78, 5) is 37.9. The van der Waals surface area contributed by atoms with Crippen molar-refractivity contribution in [1.29, 1.82) is 0 Å². The molecule has 0 saturated carbocycles. The number of halogens is 2. The average Bonchev–Trinajstić information content (AvgIpc) is 2.82. The van der Waals surface area contributed by atoms with Crippen LogP contribution in [0.4, 0.5) is 0 Å². The highest BCUT2D eigenvalue weighted by Crippen LogP contribution is 2.23. The summed E-state index contributed by atoms with van der Waals surface area (Å²) >= 11 is 12.1. The van der Waals surface area contributed by atoms with Crippen LogP contribution in [0, 0.1) is 0 Å². The van der Waals surface area contributed by atoms with Crippen LogP contribution in [0.3, 0.4) is 0 Å². The van der Waals surface area contributed by atoms with E-state index in [1.807, 2.05) is 6.07 Å². The van der Waals surface area contributed by atoms with Crippen molar-refractivity contribution in [1.82, 2.24) is 16.2 Å². The quantitative estimate of drug-likeness (QED) is 0.434. The number of amides is 3. The Morgan fingerprint density at radius 1 is 0.848 bits per heavy atom. The Hall–Kier alpha value is -3.55. The first-order valence-corrected chi connectivity index (χ1v) is 10.7. The molecule has 0 fully saturated rings. The van der Waals surface area contributed by atoms with Crippen molar-refractivity contribution in [3.8, 4) is 5.75 Å². The first-order chi connectivity index (χ1) is 15.9. The standard InChI is InChI=1S/C24H21Cl2N3O4/c1-33-21-12-11-16(25)13-18(21)24(32)29-28-22(30)14-20(15-7-3-2-4-8-15)27-23(31)17-9-5-6-10-19(17)26/h2-13,20H,14H2,1H3,(H,27,31)(H,28,30)(H,29,32)/t20-/m0/s1. The van der Waals surface area contributed by atoms with Crippen LogP contribution < -0.4 is 20.9 Å². The zero-order valence-electron chi connectivity index (χ0n) is 17.6. The molecule has 7 nitrogen and oxygen atoms in total. The Labute approximate surface area is 201 Å². The van der Waals surface area contributed by atoms with Crippen molar-refractivity contribution >= 4 is 40.9 Å². The number of carbonyl (C=O) groups is 3. The fraction of sp³-hybridized carbons (Fsp3) is 0.125. The van der Waals surface area contributed by atoms with Gasteiger partial charge in [0.1, 0.15) is 5.75 Å². The largest absolute Gasteiger partial charge is 0.496 e. The number of methoxy groups -OCH3 is 1. The lowest BCUT2D eigenvalue weighted by Gasteiger charge is -2.20. The Kier molecular flexibility index (Phi) is 8.29. The van der Waals surface area contributed by atoms with Crippen LogP contribution in [-0.4, -0.2) is 24.8 Å². The van der Waals surface area contributed by atoms with E-state index in [-0.39, 0.29) is 12.0 Å². The molecule has 0 spiro atoms. The van der Waals surface area contributed by atoms with Gasteiger partial charge in [-0.05, 0) is 35.9 Å². The Morgan fingerprint density at radius 3 is 2.24 bits per heavy atom. The van der Waals surface area contributed by atoms with Gasteiger partial charge in [0.15, 0.2) is 0 Å². The highest BCUT2D eigenvalue weighted by atomic mass is 35.5. The zero-order valence-corrected chi connectivity index (χ0v) is 19.1. The van der Waals surface area contributed by atoms with Crippen molar-refractivity contribution in [2.75, 3.05) is 7.11 Å². The molecule has 0 bridgehead atoms. The van der Waals surface area contributed by atoms with E-state index in [0.29, 0.717) is 21.4 Å². The van der Waals surface area contributed by atoms with Crippen molar-refractivity contribution < 1.29 is 19.1 Å². The highest BCUT2D eigenvalue weighted by molar-refractivity contribution is 6.33. The lowest BCUT2D eigenvalue weighted by molar-refractivity contribution is -0.122. The molecular weight excluding hydrogens is 465 g/mol. The summed E-state index contributed by atoms with van der Waals surface area (Å²) < 4.78 is 5.16. The number of hydrogen-bond acceptors (Lipinski definition) is 4. The molecule has 33 heavy (non-hydrogen) atoms. The molecule has 3 aromatic carbocycles. The number of ether oxygens (including phenoxy) is 1. The first-order valence-electron chi connectivity index (χ1n) is 9.92. The molecule has 0 aliphatic rings. The van der Waals surface area contributed by atoms with E-state index in [0.717, 1.165) is 5.56 Å². The summed E-state index contributed by atoms with van der Waals surface area (Å²) in [5, 5.41) is 3.48. The average molecular weight is 486 g/mol. The first kappa shape index (κ1) is 24.1. The molecule has 0 aromatic heterocycles. The molecule has 3 aromatic rings. The molecule has 0 radical (unpaired) electrons. The number of hydrazine groups is 1. The summed E-state index contributed by atoms with van der Waals surface area (Å²) in [6.45, 7) is 0. The van der Waals surface area contributed by atoms with Crippen molar-refractivity contribution in [2.45, 2.75) is 12.5 Å². The predicted octanol–water partition coefficient (Wildman–Crippen LogP) is 4.32. The number of benzene rings is 3. The van der Waals surface area contributed by atoms with E-state index in [2.05, 4.69) is 16.2 Å². The molecule has 3 N–H and O–H groups in total. The summed E-state index contributed by atoms with van der Waals surface area (Å²) in [6, 6.07) is 19.5. The van der Waals surface area contributed by atoms with E-state index < -0.39 is 23.8 Å². The third kappa shape index (κ3) is 6.47. The van der Waals surface area contributed by atoms with Gasteiger partial charge in [-0.2, -0.15) is 0 Å². The van der Waals surface area contributed by atoms with E-state index in [4.69, 9.17) is 27.9 Å². The second kappa shape index (κ2) is 11.4. The van der Waals surface area contributed by atoms with Gasteiger partial charge in [0.2, 0.25) is 5.91 Å². The summed E-state index contributed by atoms with van der Waals surface area (Å²) in [5.74, 6) is -1.23. The van der Waals surface area contributed by atoms with Gasteiger partial charge in [0, 0.05) is 5.02 Å². The molecule has 0 heterocycles. The fourth-order valence-corrected chi connectivity index (χ4v) is 3.50. The van der Waals surface area contributed by atoms with Gasteiger partial charge in [0.25, 0.3) is 11.8 Å². The normalized spacial score (nSPS) is 11.2.